The number of piperazine rings is 1. The molecule has 20 heavy (non-hydrogen) atoms. The second kappa shape index (κ2) is 6.12. The van der Waals surface area contributed by atoms with Crippen LogP contribution in [0, 0.1) is 11.3 Å². The normalized spacial score (nSPS) is 27.2. The monoisotopic (exact) mass is 281 g/mol. The molecule has 2 fully saturated rings. The standard InChI is InChI=1S/C15H27N3O2/c1-12(2)10-13(19)17-6-8-18(9-7-17)14(20)15(3)4-5-16-11-15/h12,16H,4-11H2,1-3H3. The maximum absolute atomic E-state index is 12.6. The third-order valence-electron chi connectivity index (χ3n) is 4.39. The van der Waals surface area contributed by atoms with Gasteiger partial charge in [-0.3, -0.25) is 9.59 Å². The van der Waals surface area contributed by atoms with Crippen molar-refractivity contribution >= 4 is 11.8 Å². The van der Waals surface area contributed by atoms with E-state index in [2.05, 4.69) is 19.2 Å². The molecule has 114 valence electrons. The van der Waals surface area contributed by atoms with Gasteiger partial charge < -0.3 is 15.1 Å². The van der Waals surface area contributed by atoms with Crippen molar-refractivity contribution in [3.8, 4) is 0 Å². The van der Waals surface area contributed by atoms with Gasteiger partial charge in [-0.25, -0.2) is 0 Å². The van der Waals surface area contributed by atoms with Crippen LogP contribution in [0.3, 0.4) is 0 Å². The zero-order chi connectivity index (χ0) is 14.8. The maximum Gasteiger partial charge on any atom is 0.229 e. The molecule has 0 aliphatic carbocycles. The molecule has 2 aliphatic rings. The Hall–Kier alpha value is -1.10. The molecule has 1 N–H and O–H groups in total. The smallest absolute Gasteiger partial charge is 0.229 e. The van der Waals surface area contributed by atoms with Crippen LogP contribution in [0.4, 0.5) is 0 Å². The van der Waals surface area contributed by atoms with E-state index < -0.39 is 0 Å². The van der Waals surface area contributed by atoms with E-state index in [0.29, 0.717) is 38.5 Å². The minimum atomic E-state index is -0.246. The van der Waals surface area contributed by atoms with E-state index in [0.717, 1.165) is 19.5 Å². The Labute approximate surface area is 121 Å². The Morgan fingerprint density at radius 1 is 1.15 bits per heavy atom. The van der Waals surface area contributed by atoms with Crippen LogP contribution in [0.1, 0.15) is 33.6 Å². The molecular weight excluding hydrogens is 254 g/mol. The molecule has 0 bridgehead atoms. The van der Waals surface area contributed by atoms with E-state index >= 15 is 0 Å². The lowest BCUT2D eigenvalue weighted by atomic mass is 9.88. The average Bonchev–Trinajstić information content (AvgIpc) is 2.85. The molecule has 0 radical (unpaired) electrons. The zero-order valence-electron chi connectivity index (χ0n) is 12.9. The van der Waals surface area contributed by atoms with E-state index in [1.807, 2.05) is 16.7 Å². The van der Waals surface area contributed by atoms with Gasteiger partial charge in [-0.05, 0) is 25.8 Å². The topological polar surface area (TPSA) is 52.7 Å². The van der Waals surface area contributed by atoms with Crippen molar-refractivity contribution in [3.05, 3.63) is 0 Å². The number of hydrogen-bond acceptors (Lipinski definition) is 3. The number of carbonyl (C=O) groups is 2. The molecule has 5 nitrogen and oxygen atoms in total. The third-order valence-corrected chi connectivity index (χ3v) is 4.39. The molecule has 2 amide bonds. The van der Waals surface area contributed by atoms with Crippen LogP contribution >= 0.6 is 0 Å². The van der Waals surface area contributed by atoms with E-state index in [-0.39, 0.29) is 17.2 Å². The van der Waals surface area contributed by atoms with Gasteiger partial charge in [0.1, 0.15) is 0 Å². The molecule has 2 rings (SSSR count). The third kappa shape index (κ3) is 3.32. The second-order valence-corrected chi connectivity index (χ2v) is 6.76. The first-order valence-corrected chi connectivity index (χ1v) is 7.70. The lowest BCUT2D eigenvalue weighted by Crippen LogP contribution is -2.54. The predicted octanol–water partition coefficient (Wildman–Crippen LogP) is 0.703. The van der Waals surface area contributed by atoms with Gasteiger partial charge in [-0.2, -0.15) is 0 Å². The predicted molar refractivity (Wildman–Crippen MR) is 78.2 cm³/mol. The molecule has 0 aromatic rings. The number of rotatable bonds is 3. The van der Waals surface area contributed by atoms with Gasteiger partial charge >= 0.3 is 0 Å². The van der Waals surface area contributed by atoms with Gasteiger partial charge in [0, 0.05) is 39.1 Å². The molecule has 2 heterocycles. The average molecular weight is 281 g/mol. The van der Waals surface area contributed by atoms with Crippen molar-refractivity contribution in [3.63, 3.8) is 0 Å². The SMILES string of the molecule is CC(C)CC(=O)N1CCN(C(=O)C2(C)CCNC2)CC1. The lowest BCUT2D eigenvalue weighted by molar-refractivity contribution is -0.145. The molecule has 5 heteroatoms. The maximum atomic E-state index is 12.6. The molecule has 2 saturated heterocycles. The van der Waals surface area contributed by atoms with Crippen molar-refractivity contribution in [1.29, 1.82) is 0 Å². The van der Waals surface area contributed by atoms with Gasteiger partial charge in [0.25, 0.3) is 0 Å². The first-order valence-electron chi connectivity index (χ1n) is 7.70. The summed E-state index contributed by atoms with van der Waals surface area (Å²) in [6.45, 7) is 10.6. The van der Waals surface area contributed by atoms with Crippen molar-refractivity contribution < 1.29 is 9.59 Å². The summed E-state index contributed by atoms with van der Waals surface area (Å²) in [5, 5.41) is 3.27. The molecule has 1 atom stereocenters. The highest BCUT2D eigenvalue weighted by atomic mass is 16.2. The molecule has 2 aliphatic heterocycles. The summed E-state index contributed by atoms with van der Waals surface area (Å²) in [7, 11) is 0. The number of carbonyl (C=O) groups excluding carboxylic acids is 2. The van der Waals surface area contributed by atoms with Crippen LogP contribution < -0.4 is 5.32 Å². The molecular formula is C15H27N3O2. The fraction of sp³-hybridized carbons (Fsp3) is 0.867. The summed E-state index contributed by atoms with van der Waals surface area (Å²) in [4.78, 5) is 28.4. The molecule has 0 aromatic carbocycles. The zero-order valence-corrected chi connectivity index (χ0v) is 12.9. The van der Waals surface area contributed by atoms with Crippen molar-refractivity contribution in [2.24, 2.45) is 11.3 Å². The van der Waals surface area contributed by atoms with Crippen molar-refractivity contribution in [1.82, 2.24) is 15.1 Å². The highest BCUT2D eigenvalue weighted by molar-refractivity contribution is 5.83. The quantitative estimate of drug-likeness (QED) is 0.828. The first kappa shape index (κ1) is 15.3. The van der Waals surface area contributed by atoms with Crippen LogP contribution in [-0.2, 0) is 9.59 Å². The van der Waals surface area contributed by atoms with Gasteiger partial charge in [0.15, 0.2) is 0 Å². The van der Waals surface area contributed by atoms with Crippen molar-refractivity contribution in [2.45, 2.75) is 33.6 Å². The Morgan fingerprint density at radius 3 is 2.25 bits per heavy atom. The van der Waals surface area contributed by atoms with Crippen LogP contribution in [-0.4, -0.2) is 60.9 Å². The summed E-state index contributed by atoms with van der Waals surface area (Å²) in [6.07, 6.45) is 1.52. The van der Waals surface area contributed by atoms with Crippen LogP contribution in [0.2, 0.25) is 0 Å². The molecule has 0 saturated carbocycles. The molecule has 0 aromatic heterocycles. The summed E-state index contributed by atoms with van der Waals surface area (Å²) in [5.41, 5.74) is -0.246. The van der Waals surface area contributed by atoms with Crippen LogP contribution in [0.5, 0.6) is 0 Å². The Kier molecular flexibility index (Phi) is 4.68. The van der Waals surface area contributed by atoms with Gasteiger partial charge in [-0.1, -0.05) is 13.8 Å². The number of hydrogen-bond donors (Lipinski definition) is 1. The fourth-order valence-electron chi connectivity index (χ4n) is 3.02. The Bertz CT molecular complexity index is 367. The molecule has 1 unspecified atom stereocenters. The minimum absolute atomic E-state index is 0.223. The summed E-state index contributed by atoms with van der Waals surface area (Å²) < 4.78 is 0. The van der Waals surface area contributed by atoms with Gasteiger partial charge in [0.05, 0.1) is 5.41 Å². The van der Waals surface area contributed by atoms with E-state index in [9.17, 15) is 9.59 Å². The summed E-state index contributed by atoms with van der Waals surface area (Å²) in [5.74, 6) is 0.866. The van der Waals surface area contributed by atoms with E-state index in [1.165, 1.54) is 0 Å². The highest BCUT2D eigenvalue weighted by Gasteiger charge is 2.40. The van der Waals surface area contributed by atoms with E-state index in [4.69, 9.17) is 0 Å². The second-order valence-electron chi connectivity index (χ2n) is 6.76. The summed E-state index contributed by atoms with van der Waals surface area (Å²) >= 11 is 0. The van der Waals surface area contributed by atoms with Crippen LogP contribution in [0.25, 0.3) is 0 Å². The Balaban J connectivity index is 1.85. The van der Waals surface area contributed by atoms with E-state index in [1.54, 1.807) is 0 Å². The fourth-order valence-corrected chi connectivity index (χ4v) is 3.02. The van der Waals surface area contributed by atoms with Gasteiger partial charge in [-0.15, -0.1) is 0 Å². The first-order chi connectivity index (χ1) is 9.42. The summed E-state index contributed by atoms with van der Waals surface area (Å²) in [6, 6.07) is 0. The molecule has 0 spiro atoms. The lowest BCUT2D eigenvalue weighted by Gasteiger charge is -2.38. The van der Waals surface area contributed by atoms with Gasteiger partial charge in [0.2, 0.25) is 11.8 Å². The Morgan fingerprint density at radius 2 is 1.75 bits per heavy atom. The number of nitrogens with one attached hydrogen (secondary N) is 1. The highest BCUT2D eigenvalue weighted by Crippen LogP contribution is 2.27. The number of amides is 2. The van der Waals surface area contributed by atoms with Crippen molar-refractivity contribution in [2.75, 3.05) is 39.3 Å². The minimum Gasteiger partial charge on any atom is -0.339 e. The largest absolute Gasteiger partial charge is 0.339 e. The van der Waals surface area contributed by atoms with Crippen LogP contribution in [0.15, 0.2) is 0 Å². The number of nitrogens with zero attached hydrogens (tertiary/aromatic N) is 2.